The first kappa shape index (κ1) is 13.8. The van der Waals surface area contributed by atoms with E-state index >= 15 is 0 Å². The molecule has 2 nitrogen and oxygen atoms in total. The van der Waals surface area contributed by atoms with Gasteiger partial charge in [-0.05, 0) is 50.7 Å². The summed E-state index contributed by atoms with van der Waals surface area (Å²) in [5.74, 6) is 0.972. The van der Waals surface area contributed by atoms with E-state index in [1.807, 2.05) is 0 Å². The highest BCUT2D eigenvalue weighted by atomic mass is 15.1. The van der Waals surface area contributed by atoms with Gasteiger partial charge in [-0.25, -0.2) is 0 Å². The molecule has 0 aromatic heterocycles. The largest absolute Gasteiger partial charge is 0.381 e. The quantitative estimate of drug-likeness (QED) is 0.838. The number of para-hydroxylation sites is 2. The Hall–Kier alpha value is -1.18. The summed E-state index contributed by atoms with van der Waals surface area (Å²) in [5, 5.41) is 3.77. The Bertz CT molecular complexity index is 419. The van der Waals surface area contributed by atoms with E-state index in [0.29, 0.717) is 6.04 Å². The average Bonchev–Trinajstić information content (AvgIpc) is 2.45. The van der Waals surface area contributed by atoms with E-state index < -0.39 is 0 Å². The van der Waals surface area contributed by atoms with E-state index in [1.165, 1.54) is 69.4 Å². The molecule has 2 heteroatoms. The van der Waals surface area contributed by atoms with Crippen molar-refractivity contribution in [2.24, 2.45) is 5.92 Å². The second-order valence-electron chi connectivity index (χ2n) is 6.64. The summed E-state index contributed by atoms with van der Waals surface area (Å²) in [6.45, 7) is 4.77. The normalized spacial score (nSPS) is 21.4. The Morgan fingerprint density at radius 2 is 1.85 bits per heavy atom. The molecule has 1 aliphatic heterocycles. The number of piperidine rings is 1. The fourth-order valence-corrected chi connectivity index (χ4v) is 3.56. The van der Waals surface area contributed by atoms with Gasteiger partial charge in [0.25, 0.3) is 0 Å². The molecule has 0 spiro atoms. The lowest BCUT2D eigenvalue weighted by atomic mass is 9.81. The SMILES string of the molecule is CC(CC1CCC1)Nc1ccccc1N1CCCCC1. The lowest BCUT2D eigenvalue weighted by Crippen LogP contribution is -2.31. The maximum Gasteiger partial charge on any atom is 0.0602 e. The molecular weight excluding hydrogens is 244 g/mol. The number of nitrogens with one attached hydrogen (secondary N) is 1. The monoisotopic (exact) mass is 272 g/mol. The smallest absolute Gasteiger partial charge is 0.0602 e. The maximum absolute atomic E-state index is 3.77. The molecule has 1 saturated heterocycles. The molecule has 1 heterocycles. The first-order valence-corrected chi connectivity index (χ1v) is 8.43. The average molecular weight is 272 g/mol. The third kappa shape index (κ3) is 3.28. The Kier molecular flexibility index (Phi) is 4.49. The molecule has 1 atom stereocenters. The summed E-state index contributed by atoms with van der Waals surface area (Å²) in [7, 11) is 0. The van der Waals surface area contributed by atoms with Crippen molar-refractivity contribution in [3.05, 3.63) is 24.3 Å². The van der Waals surface area contributed by atoms with E-state index in [1.54, 1.807) is 0 Å². The van der Waals surface area contributed by atoms with Crippen LogP contribution in [-0.4, -0.2) is 19.1 Å². The molecule has 110 valence electrons. The van der Waals surface area contributed by atoms with E-state index in [2.05, 4.69) is 41.4 Å². The predicted octanol–water partition coefficient (Wildman–Crippen LogP) is 4.67. The number of rotatable bonds is 5. The zero-order valence-corrected chi connectivity index (χ0v) is 12.8. The maximum atomic E-state index is 3.77. The van der Waals surface area contributed by atoms with Crippen molar-refractivity contribution in [1.82, 2.24) is 0 Å². The van der Waals surface area contributed by atoms with E-state index in [0.717, 1.165) is 5.92 Å². The van der Waals surface area contributed by atoms with Crippen molar-refractivity contribution in [1.29, 1.82) is 0 Å². The van der Waals surface area contributed by atoms with Crippen molar-refractivity contribution in [2.75, 3.05) is 23.3 Å². The van der Waals surface area contributed by atoms with Gasteiger partial charge in [-0.1, -0.05) is 31.4 Å². The van der Waals surface area contributed by atoms with Crippen LogP contribution in [0, 0.1) is 5.92 Å². The van der Waals surface area contributed by atoms with E-state index in [4.69, 9.17) is 0 Å². The first-order chi connectivity index (χ1) is 9.83. The minimum Gasteiger partial charge on any atom is -0.381 e. The van der Waals surface area contributed by atoms with Crippen LogP contribution in [0.4, 0.5) is 11.4 Å². The number of nitrogens with zero attached hydrogens (tertiary/aromatic N) is 1. The van der Waals surface area contributed by atoms with E-state index in [9.17, 15) is 0 Å². The molecule has 1 aromatic carbocycles. The standard InChI is InChI=1S/C18H28N2/c1-15(14-16-8-7-9-16)19-17-10-3-4-11-18(17)20-12-5-2-6-13-20/h3-4,10-11,15-16,19H,2,5-9,12-14H2,1H3. The Labute approximate surface area is 123 Å². The van der Waals surface area contributed by atoms with Crippen molar-refractivity contribution in [2.45, 2.75) is 57.9 Å². The third-order valence-corrected chi connectivity index (χ3v) is 4.91. The van der Waals surface area contributed by atoms with Crippen LogP contribution in [-0.2, 0) is 0 Å². The minimum absolute atomic E-state index is 0.589. The van der Waals surface area contributed by atoms with Crippen LogP contribution in [0.2, 0.25) is 0 Å². The van der Waals surface area contributed by atoms with Gasteiger partial charge < -0.3 is 10.2 Å². The van der Waals surface area contributed by atoms with Gasteiger partial charge in [-0.2, -0.15) is 0 Å². The minimum atomic E-state index is 0.589. The highest BCUT2D eigenvalue weighted by Crippen LogP contribution is 2.33. The summed E-state index contributed by atoms with van der Waals surface area (Å²) in [5.41, 5.74) is 2.74. The molecule has 20 heavy (non-hydrogen) atoms. The molecule has 1 saturated carbocycles. The van der Waals surface area contributed by atoms with Crippen LogP contribution < -0.4 is 10.2 Å². The van der Waals surface area contributed by atoms with Gasteiger partial charge in [0.2, 0.25) is 0 Å². The fourth-order valence-electron chi connectivity index (χ4n) is 3.56. The molecule has 1 aliphatic carbocycles. The molecule has 0 bridgehead atoms. The Balaban J connectivity index is 1.65. The van der Waals surface area contributed by atoms with Crippen LogP contribution in [0.1, 0.15) is 51.9 Å². The molecule has 1 unspecified atom stereocenters. The molecule has 0 radical (unpaired) electrons. The summed E-state index contributed by atoms with van der Waals surface area (Å²) >= 11 is 0. The number of anilines is 2. The van der Waals surface area contributed by atoms with Crippen LogP contribution >= 0.6 is 0 Å². The molecular formula is C18H28N2. The van der Waals surface area contributed by atoms with Crippen LogP contribution in [0.5, 0.6) is 0 Å². The van der Waals surface area contributed by atoms with Crippen LogP contribution in [0.3, 0.4) is 0 Å². The molecule has 2 fully saturated rings. The van der Waals surface area contributed by atoms with Gasteiger partial charge in [0.1, 0.15) is 0 Å². The first-order valence-electron chi connectivity index (χ1n) is 8.43. The van der Waals surface area contributed by atoms with Crippen LogP contribution in [0.25, 0.3) is 0 Å². The summed E-state index contributed by atoms with van der Waals surface area (Å²) in [6.07, 6.45) is 9.73. The molecule has 0 amide bonds. The van der Waals surface area contributed by atoms with Gasteiger partial charge in [0.05, 0.1) is 11.4 Å². The summed E-state index contributed by atoms with van der Waals surface area (Å²) in [4.78, 5) is 2.56. The molecule has 1 N–H and O–H groups in total. The van der Waals surface area contributed by atoms with Gasteiger partial charge in [-0.3, -0.25) is 0 Å². The zero-order valence-electron chi connectivity index (χ0n) is 12.8. The molecule has 3 rings (SSSR count). The lowest BCUT2D eigenvalue weighted by molar-refractivity contribution is 0.286. The van der Waals surface area contributed by atoms with Crippen molar-refractivity contribution >= 4 is 11.4 Å². The van der Waals surface area contributed by atoms with Crippen molar-refractivity contribution in [3.8, 4) is 0 Å². The van der Waals surface area contributed by atoms with E-state index in [-0.39, 0.29) is 0 Å². The van der Waals surface area contributed by atoms with Crippen molar-refractivity contribution in [3.63, 3.8) is 0 Å². The van der Waals surface area contributed by atoms with Gasteiger partial charge in [0.15, 0.2) is 0 Å². The lowest BCUT2D eigenvalue weighted by Gasteiger charge is -2.33. The van der Waals surface area contributed by atoms with Gasteiger partial charge in [0, 0.05) is 19.1 Å². The highest BCUT2D eigenvalue weighted by Gasteiger charge is 2.21. The Morgan fingerprint density at radius 1 is 1.10 bits per heavy atom. The fraction of sp³-hybridized carbons (Fsp3) is 0.667. The number of hydrogen-bond acceptors (Lipinski definition) is 2. The number of benzene rings is 1. The number of hydrogen-bond donors (Lipinski definition) is 1. The van der Waals surface area contributed by atoms with Crippen molar-refractivity contribution < 1.29 is 0 Å². The van der Waals surface area contributed by atoms with Gasteiger partial charge >= 0.3 is 0 Å². The second kappa shape index (κ2) is 6.51. The highest BCUT2D eigenvalue weighted by molar-refractivity contribution is 5.70. The van der Waals surface area contributed by atoms with Crippen LogP contribution in [0.15, 0.2) is 24.3 Å². The third-order valence-electron chi connectivity index (χ3n) is 4.91. The summed E-state index contributed by atoms with van der Waals surface area (Å²) < 4.78 is 0. The zero-order chi connectivity index (χ0) is 13.8. The predicted molar refractivity (Wildman–Crippen MR) is 87.5 cm³/mol. The summed E-state index contributed by atoms with van der Waals surface area (Å²) in [6, 6.07) is 9.45. The van der Waals surface area contributed by atoms with Gasteiger partial charge in [-0.15, -0.1) is 0 Å². The molecule has 2 aliphatic rings. The Morgan fingerprint density at radius 3 is 2.55 bits per heavy atom. The molecule has 1 aromatic rings. The topological polar surface area (TPSA) is 15.3 Å². The second-order valence-corrected chi connectivity index (χ2v) is 6.64.